The Morgan fingerprint density at radius 2 is 1.91 bits per heavy atom. The monoisotopic (exact) mass is 167 g/mol. The van der Waals surface area contributed by atoms with Crippen LogP contribution in [0.15, 0.2) is 0 Å². The third-order valence-corrected chi connectivity index (χ3v) is 1.45. The molecule has 0 rings (SSSR count). The first-order valence-electron chi connectivity index (χ1n) is 3.66. The molecule has 0 fully saturated rings. The Labute approximate surface area is 65.4 Å². The van der Waals surface area contributed by atoms with Gasteiger partial charge in [0.1, 0.15) is 6.10 Å². The fraction of sp³-hybridized carbons (Fsp3) is 1.00. The Bertz CT molecular complexity index is 117. The summed E-state index contributed by atoms with van der Waals surface area (Å²) in [6.45, 7) is 2.76. The highest BCUT2D eigenvalue weighted by Gasteiger charge is 2.36. The Morgan fingerprint density at radius 1 is 1.45 bits per heavy atom. The highest BCUT2D eigenvalue weighted by atomic mass is 19.3. The van der Waals surface area contributed by atoms with Crippen molar-refractivity contribution in [3.63, 3.8) is 0 Å². The van der Waals surface area contributed by atoms with Crippen molar-refractivity contribution in [3.05, 3.63) is 0 Å². The molecule has 0 aromatic heterocycles. The summed E-state index contributed by atoms with van der Waals surface area (Å²) in [6.07, 6.45) is -1.52. The SMILES string of the molecule is CC(C)CC(O)C(F)(F)CN. The number of hydrogen-bond acceptors (Lipinski definition) is 2. The van der Waals surface area contributed by atoms with Gasteiger partial charge in [-0.3, -0.25) is 0 Å². The van der Waals surface area contributed by atoms with Crippen LogP contribution in [-0.4, -0.2) is 23.7 Å². The molecule has 2 nitrogen and oxygen atoms in total. The maximum atomic E-state index is 12.5. The number of hydrogen-bond donors (Lipinski definition) is 2. The van der Waals surface area contributed by atoms with E-state index in [2.05, 4.69) is 0 Å². The molecule has 0 heterocycles. The predicted molar refractivity (Wildman–Crippen MR) is 39.5 cm³/mol. The predicted octanol–water partition coefficient (Wildman–Crippen LogP) is 0.987. The Balaban J connectivity index is 3.90. The van der Waals surface area contributed by atoms with Gasteiger partial charge in [-0.2, -0.15) is 0 Å². The molecule has 0 aromatic rings. The smallest absolute Gasteiger partial charge is 0.285 e. The molecule has 1 unspecified atom stereocenters. The second-order valence-electron chi connectivity index (χ2n) is 3.11. The molecular formula is C7H15F2NO. The highest BCUT2D eigenvalue weighted by molar-refractivity contribution is 4.77. The first kappa shape index (κ1) is 10.8. The number of nitrogens with two attached hydrogens (primary N) is 1. The van der Waals surface area contributed by atoms with Crippen LogP contribution in [0.25, 0.3) is 0 Å². The summed E-state index contributed by atoms with van der Waals surface area (Å²) in [5.41, 5.74) is 4.77. The molecular weight excluding hydrogens is 152 g/mol. The lowest BCUT2D eigenvalue weighted by atomic mass is 10.0. The standard InChI is InChI=1S/C7H15F2NO/c1-5(2)3-6(11)7(8,9)4-10/h5-6,11H,3-4,10H2,1-2H3. The molecule has 11 heavy (non-hydrogen) atoms. The summed E-state index contributed by atoms with van der Waals surface area (Å²) in [4.78, 5) is 0. The van der Waals surface area contributed by atoms with Crippen molar-refractivity contribution in [1.29, 1.82) is 0 Å². The van der Waals surface area contributed by atoms with Gasteiger partial charge in [0.05, 0.1) is 6.54 Å². The molecule has 0 spiro atoms. The van der Waals surface area contributed by atoms with E-state index in [0.29, 0.717) is 0 Å². The minimum atomic E-state index is -3.13. The fourth-order valence-corrected chi connectivity index (χ4v) is 0.755. The third kappa shape index (κ3) is 3.62. The van der Waals surface area contributed by atoms with Gasteiger partial charge in [-0.15, -0.1) is 0 Å². The van der Waals surface area contributed by atoms with Gasteiger partial charge in [0.2, 0.25) is 0 Å². The molecule has 0 bridgehead atoms. The van der Waals surface area contributed by atoms with Crippen LogP contribution in [0.3, 0.4) is 0 Å². The Hall–Kier alpha value is -0.220. The normalized spacial score (nSPS) is 15.5. The molecule has 0 saturated carbocycles. The minimum Gasteiger partial charge on any atom is -0.387 e. The number of aliphatic hydroxyl groups excluding tert-OH is 1. The van der Waals surface area contributed by atoms with E-state index in [-0.39, 0.29) is 12.3 Å². The van der Waals surface area contributed by atoms with E-state index < -0.39 is 18.6 Å². The largest absolute Gasteiger partial charge is 0.387 e. The van der Waals surface area contributed by atoms with E-state index in [9.17, 15) is 8.78 Å². The van der Waals surface area contributed by atoms with E-state index in [1.165, 1.54) is 0 Å². The van der Waals surface area contributed by atoms with Crippen LogP contribution < -0.4 is 5.73 Å². The summed E-state index contributed by atoms with van der Waals surface area (Å²) in [7, 11) is 0. The Morgan fingerprint density at radius 3 is 2.18 bits per heavy atom. The van der Waals surface area contributed by atoms with Gasteiger partial charge in [-0.05, 0) is 12.3 Å². The van der Waals surface area contributed by atoms with Crippen LogP contribution >= 0.6 is 0 Å². The molecule has 0 aromatic carbocycles. The van der Waals surface area contributed by atoms with Gasteiger partial charge in [0.25, 0.3) is 5.92 Å². The van der Waals surface area contributed by atoms with Crippen molar-refractivity contribution in [3.8, 4) is 0 Å². The number of aliphatic hydroxyl groups is 1. The zero-order chi connectivity index (χ0) is 9.07. The van der Waals surface area contributed by atoms with E-state index in [4.69, 9.17) is 10.8 Å². The number of halogens is 2. The van der Waals surface area contributed by atoms with Crippen molar-refractivity contribution in [2.45, 2.75) is 32.3 Å². The second kappa shape index (κ2) is 3.97. The van der Waals surface area contributed by atoms with Crippen LogP contribution in [0.4, 0.5) is 8.78 Å². The molecule has 1 atom stereocenters. The van der Waals surface area contributed by atoms with Gasteiger partial charge >= 0.3 is 0 Å². The van der Waals surface area contributed by atoms with Gasteiger partial charge in [0, 0.05) is 0 Å². The molecule has 0 aliphatic rings. The zero-order valence-electron chi connectivity index (χ0n) is 6.85. The zero-order valence-corrected chi connectivity index (χ0v) is 6.85. The first-order chi connectivity index (χ1) is 4.90. The van der Waals surface area contributed by atoms with Crippen LogP contribution in [0.2, 0.25) is 0 Å². The Kier molecular flexibility index (Phi) is 3.89. The molecule has 0 aliphatic carbocycles. The van der Waals surface area contributed by atoms with Gasteiger partial charge in [0.15, 0.2) is 0 Å². The fourth-order valence-electron chi connectivity index (χ4n) is 0.755. The van der Waals surface area contributed by atoms with Gasteiger partial charge in [-0.25, -0.2) is 8.78 Å². The second-order valence-corrected chi connectivity index (χ2v) is 3.11. The van der Waals surface area contributed by atoms with Crippen LogP contribution in [0.1, 0.15) is 20.3 Å². The molecule has 0 aliphatic heterocycles. The summed E-state index contributed by atoms with van der Waals surface area (Å²) < 4.78 is 25.1. The summed E-state index contributed by atoms with van der Waals surface area (Å²) in [6, 6.07) is 0. The average molecular weight is 167 g/mol. The molecule has 3 N–H and O–H groups in total. The molecule has 0 amide bonds. The molecule has 0 saturated heterocycles. The summed E-state index contributed by atoms with van der Waals surface area (Å²) >= 11 is 0. The maximum Gasteiger partial charge on any atom is 0.285 e. The number of rotatable bonds is 4. The van der Waals surface area contributed by atoms with Gasteiger partial charge in [-0.1, -0.05) is 13.8 Å². The van der Waals surface area contributed by atoms with E-state index in [0.717, 1.165) is 0 Å². The van der Waals surface area contributed by atoms with Crippen molar-refractivity contribution in [2.24, 2.45) is 11.7 Å². The topological polar surface area (TPSA) is 46.2 Å². The molecule has 0 radical (unpaired) electrons. The van der Waals surface area contributed by atoms with E-state index in [1.807, 2.05) is 0 Å². The van der Waals surface area contributed by atoms with Crippen molar-refractivity contribution in [1.82, 2.24) is 0 Å². The first-order valence-corrected chi connectivity index (χ1v) is 3.66. The number of alkyl halides is 2. The van der Waals surface area contributed by atoms with E-state index >= 15 is 0 Å². The summed E-state index contributed by atoms with van der Waals surface area (Å²) in [5.74, 6) is -3.08. The van der Waals surface area contributed by atoms with Crippen LogP contribution in [0, 0.1) is 5.92 Å². The lowest BCUT2D eigenvalue weighted by Crippen LogP contribution is -2.41. The highest BCUT2D eigenvalue weighted by Crippen LogP contribution is 2.21. The van der Waals surface area contributed by atoms with E-state index in [1.54, 1.807) is 13.8 Å². The lowest BCUT2D eigenvalue weighted by molar-refractivity contribution is -0.107. The van der Waals surface area contributed by atoms with Crippen LogP contribution in [-0.2, 0) is 0 Å². The summed E-state index contributed by atoms with van der Waals surface area (Å²) in [5, 5.41) is 8.92. The minimum absolute atomic E-state index is 0.0578. The van der Waals surface area contributed by atoms with Crippen LogP contribution in [0.5, 0.6) is 0 Å². The van der Waals surface area contributed by atoms with Crippen molar-refractivity contribution in [2.75, 3.05) is 6.54 Å². The lowest BCUT2D eigenvalue weighted by Gasteiger charge is -2.21. The third-order valence-electron chi connectivity index (χ3n) is 1.45. The average Bonchev–Trinajstić information content (AvgIpc) is 1.86. The molecule has 68 valence electrons. The molecule has 4 heteroatoms. The quantitative estimate of drug-likeness (QED) is 0.655. The maximum absolute atomic E-state index is 12.5. The van der Waals surface area contributed by atoms with Crippen molar-refractivity contribution >= 4 is 0 Å². The van der Waals surface area contributed by atoms with Gasteiger partial charge < -0.3 is 10.8 Å². The van der Waals surface area contributed by atoms with Crippen molar-refractivity contribution < 1.29 is 13.9 Å².